The Bertz CT molecular complexity index is 433. The van der Waals surface area contributed by atoms with Crippen LogP contribution in [0.2, 0.25) is 0 Å². The molecule has 0 fully saturated rings. The number of carbonyl (C=O) groups excluding carboxylic acids is 2. The summed E-state index contributed by atoms with van der Waals surface area (Å²) < 4.78 is 36.0. The van der Waals surface area contributed by atoms with Gasteiger partial charge in [0.05, 0.1) is 6.42 Å². The van der Waals surface area contributed by atoms with Crippen LogP contribution in [-0.2, 0) is 11.2 Å². The maximum absolute atomic E-state index is 12.0. The van der Waals surface area contributed by atoms with Crippen molar-refractivity contribution < 1.29 is 22.8 Å². The summed E-state index contributed by atoms with van der Waals surface area (Å²) in [6.45, 7) is 2.00. The fourth-order valence-corrected chi connectivity index (χ4v) is 1.49. The van der Waals surface area contributed by atoms with Crippen molar-refractivity contribution in [2.45, 2.75) is 32.4 Å². The highest BCUT2D eigenvalue weighted by Crippen LogP contribution is 2.19. The minimum Gasteiger partial charge on any atom is -0.294 e. The monoisotopic (exact) mass is 258 g/mol. The molecular formula is C13H13F3O2. The first-order chi connectivity index (χ1) is 8.34. The number of alkyl halides is 3. The van der Waals surface area contributed by atoms with E-state index in [-0.39, 0.29) is 5.56 Å². The lowest BCUT2D eigenvalue weighted by atomic mass is 10.0. The third kappa shape index (κ3) is 3.98. The van der Waals surface area contributed by atoms with Crippen LogP contribution in [0.4, 0.5) is 13.2 Å². The first kappa shape index (κ1) is 14.4. The van der Waals surface area contributed by atoms with Crippen molar-refractivity contribution in [3.05, 3.63) is 35.4 Å². The van der Waals surface area contributed by atoms with Crippen molar-refractivity contribution in [3.8, 4) is 0 Å². The zero-order valence-corrected chi connectivity index (χ0v) is 9.88. The molecule has 98 valence electrons. The van der Waals surface area contributed by atoms with Gasteiger partial charge in [-0.3, -0.25) is 9.59 Å². The molecule has 0 aliphatic heterocycles. The second-order valence-corrected chi connectivity index (χ2v) is 3.97. The van der Waals surface area contributed by atoms with Gasteiger partial charge in [0.25, 0.3) is 0 Å². The van der Waals surface area contributed by atoms with Gasteiger partial charge in [-0.1, -0.05) is 37.6 Å². The van der Waals surface area contributed by atoms with E-state index in [4.69, 9.17) is 0 Å². The van der Waals surface area contributed by atoms with Gasteiger partial charge in [-0.15, -0.1) is 0 Å². The molecule has 2 nitrogen and oxygen atoms in total. The van der Waals surface area contributed by atoms with Gasteiger partial charge in [0, 0.05) is 5.56 Å². The lowest BCUT2D eigenvalue weighted by Gasteiger charge is -2.05. The molecule has 0 aliphatic rings. The van der Waals surface area contributed by atoms with Gasteiger partial charge in [-0.25, -0.2) is 0 Å². The average molecular weight is 258 g/mol. The van der Waals surface area contributed by atoms with Crippen molar-refractivity contribution in [2.24, 2.45) is 0 Å². The topological polar surface area (TPSA) is 34.1 Å². The van der Waals surface area contributed by atoms with Crippen molar-refractivity contribution in [1.29, 1.82) is 0 Å². The molecular weight excluding hydrogens is 245 g/mol. The summed E-state index contributed by atoms with van der Waals surface area (Å²) in [6, 6.07) is 6.29. The molecule has 18 heavy (non-hydrogen) atoms. The summed E-state index contributed by atoms with van der Waals surface area (Å²) in [4.78, 5) is 22.1. The SMILES string of the molecule is CCCc1ccc(C(=O)CC(=O)C(F)(F)F)cc1. The van der Waals surface area contributed by atoms with Crippen LogP contribution in [0.3, 0.4) is 0 Å². The molecule has 5 heteroatoms. The fraction of sp³-hybridized carbons (Fsp3) is 0.385. The number of Topliss-reactive ketones (excluding diaryl/α,β-unsaturated/α-hetero) is 2. The Morgan fingerprint density at radius 2 is 1.67 bits per heavy atom. The molecule has 0 heterocycles. The summed E-state index contributed by atoms with van der Waals surface area (Å²) in [5.74, 6) is -2.81. The van der Waals surface area contributed by atoms with Crippen LogP contribution in [0.15, 0.2) is 24.3 Å². The molecule has 0 spiro atoms. The Morgan fingerprint density at radius 3 is 2.11 bits per heavy atom. The molecule has 1 aromatic carbocycles. The summed E-state index contributed by atoms with van der Waals surface area (Å²) >= 11 is 0. The predicted octanol–water partition coefficient (Wildman–Crippen LogP) is 3.34. The molecule has 0 aromatic heterocycles. The summed E-state index contributed by atoms with van der Waals surface area (Å²) in [7, 11) is 0. The number of carbonyl (C=O) groups is 2. The van der Waals surface area contributed by atoms with Gasteiger partial charge < -0.3 is 0 Å². The third-order valence-electron chi connectivity index (χ3n) is 2.45. The van der Waals surface area contributed by atoms with E-state index in [9.17, 15) is 22.8 Å². The fourth-order valence-electron chi connectivity index (χ4n) is 1.49. The van der Waals surface area contributed by atoms with Crippen molar-refractivity contribution in [3.63, 3.8) is 0 Å². The lowest BCUT2D eigenvalue weighted by molar-refractivity contribution is -0.170. The van der Waals surface area contributed by atoms with Crippen LogP contribution in [-0.4, -0.2) is 17.7 Å². The number of ketones is 2. The van der Waals surface area contributed by atoms with Gasteiger partial charge in [-0.2, -0.15) is 13.2 Å². The molecule has 0 aliphatic carbocycles. The number of halogens is 3. The molecule has 0 atom stereocenters. The average Bonchev–Trinajstić information content (AvgIpc) is 2.29. The Balaban J connectivity index is 2.70. The van der Waals surface area contributed by atoms with Gasteiger partial charge in [-0.05, 0) is 12.0 Å². The van der Waals surface area contributed by atoms with Gasteiger partial charge in [0.15, 0.2) is 5.78 Å². The van der Waals surface area contributed by atoms with Crippen LogP contribution >= 0.6 is 0 Å². The van der Waals surface area contributed by atoms with E-state index in [0.717, 1.165) is 18.4 Å². The Labute approximate surface area is 103 Å². The van der Waals surface area contributed by atoms with Crippen LogP contribution in [0.5, 0.6) is 0 Å². The van der Waals surface area contributed by atoms with Crippen LogP contribution in [0.1, 0.15) is 35.7 Å². The molecule has 0 N–H and O–H groups in total. The van der Waals surface area contributed by atoms with Gasteiger partial charge in [0.2, 0.25) is 5.78 Å². The largest absolute Gasteiger partial charge is 0.450 e. The van der Waals surface area contributed by atoms with E-state index >= 15 is 0 Å². The Morgan fingerprint density at radius 1 is 1.11 bits per heavy atom. The molecule has 0 radical (unpaired) electrons. The zero-order valence-electron chi connectivity index (χ0n) is 9.88. The van der Waals surface area contributed by atoms with E-state index in [0.29, 0.717) is 0 Å². The van der Waals surface area contributed by atoms with Crippen molar-refractivity contribution in [1.82, 2.24) is 0 Å². The number of benzene rings is 1. The lowest BCUT2D eigenvalue weighted by Crippen LogP contribution is -2.25. The molecule has 1 rings (SSSR count). The number of hydrogen-bond acceptors (Lipinski definition) is 2. The van der Waals surface area contributed by atoms with Crippen LogP contribution in [0, 0.1) is 0 Å². The highest BCUT2D eigenvalue weighted by atomic mass is 19.4. The number of aryl methyl sites for hydroxylation is 1. The van der Waals surface area contributed by atoms with E-state index in [1.165, 1.54) is 12.1 Å². The van der Waals surface area contributed by atoms with E-state index < -0.39 is 24.2 Å². The molecule has 0 saturated carbocycles. The highest BCUT2D eigenvalue weighted by Gasteiger charge is 2.39. The first-order valence-electron chi connectivity index (χ1n) is 5.56. The van der Waals surface area contributed by atoms with Gasteiger partial charge >= 0.3 is 6.18 Å². The second-order valence-electron chi connectivity index (χ2n) is 3.97. The van der Waals surface area contributed by atoms with E-state index in [2.05, 4.69) is 0 Å². The molecule has 1 aromatic rings. The predicted molar refractivity (Wildman–Crippen MR) is 60.4 cm³/mol. The second kappa shape index (κ2) is 5.80. The van der Waals surface area contributed by atoms with Crippen molar-refractivity contribution >= 4 is 11.6 Å². The smallest absolute Gasteiger partial charge is 0.294 e. The highest BCUT2D eigenvalue weighted by molar-refractivity contribution is 6.09. The molecule has 0 saturated heterocycles. The van der Waals surface area contributed by atoms with E-state index in [1.807, 2.05) is 6.92 Å². The van der Waals surface area contributed by atoms with Crippen LogP contribution < -0.4 is 0 Å². The van der Waals surface area contributed by atoms with Crippen LogP contribution in [0.25, 0.3) is 0 Å². The van der Waals surface area contributed by atoms with Crippen molar-refractivity contribution in [2.75, 3.05) is 0 Å². The van der Waals surface area contributed by atoms with Gasteiger partial charge in [0.1, 0.15) is 0 Å². The molecule has 0 amide bonds. The first-order valence-corrected chi connectivity index (χ1v) is 5.56. The maximum Gasteiger partial charge on any atom is 0.450 e. The normalized spacial score (nSPS) is 11.3. The molecule has 0 unspecified atom stereocenters. The minimum atomic E-state index is -4.95. The Hall–Kier alpha value is -1.65. The maximum atomic E-state index is 12.0. The minimum absolute atomic E-state index is 0.132. The molecule has 0 bridgehead atoms. The Kier molecular flexibility index (Phi) is 4.64. The third-order valence-corrected chi connectivity index (χ3v) is 2.45. The summed E-state index contributed by atoms with van der Waals surface area (Å²) in [5.41, 5.74) is 1.14. The summed E-state index contributed by atoms with van der Waals surface area (Å²) in [6.07, 6.45) is -4.29. The standard InChI is InChI=1S/C13H13F3O2/c1-2-3-9-4-6-10(7-5-9)11(17)8-12(18)13(14,15)16/h4-7H,2-3,8H2,1H3. The summed E-state index contributed by atoms with van der Waals surface area (Å²) in [5, 5.41) is 0. The van der Waals surface area contributed by atoms with E-state index in [1.54, 1.807) is 12.1 Å². The number of hydrogen-bond donors (Lipinski definition) is 0. The number of rotatable bonds is 5. The quantitative estimate of drug-likeness (QED) is 0.599. The zero-order chi connectivity index (χ0) is 13.8.